The SMILES string of the molecule is NC(Cc1ccc(Cl)cc1Cl)c1ccc(Cl)c(F)c1. The van der Waals surface area contributed by atoms with Crippen LogP contribution in [0.4, 0.5) is 4.39 Å². The van der Waals surface area contributed by atoms with E-state index in [0.29, 0.717) is 22.0 Å². The van der Waals surface area contributed by atoms with Gasteiger partial charge in [-0.05, 0) is 41.8 Å². The first kappa shape index (κ1) is 14.6. The molecule has 0 spiro atoms. The molecule has 5 heteroatoms. The van der Waals surface area contributed by atoms with Crippen LogP contribution in [-0.2, 0) is 6.42 Å². The summed E-state index contributed by atoms with van der Waals surface area (Å²) in [7, 11) is 0. The minimum absolute atomic E-state index is 0.0838. The first-order chi connectivity index (χ1) is 8.97. The van der Waals surface area contributed by atoms with E-state index in [1.165, 1.54) is 12.1 Å². The molecule has 2 aromatic carbocycles. The van der Waals surface area contributed by atoms with Gasteiger partial charge in [0, 0.05) is 16.1 Å². The molecule has 1 nitrogen and oxygen atoms in total. The van der Waals surface area contributed by atoms with Gasteiger partial charge in [0.05, 0.1) is 5.02 Å². The molecule has 2 N–H and O–H groups in total. The maximum Gasteiger partial charge on any atom is 0.142 e. The Labute approximate surface area is 126 Å². The molecule has 0 saturated carbocycles. The van der Waals surface area contributed by atoms with E-state index in [1.807, 2.05) is 6.07 Å². The number of benzene rings is 2. The Morgan fingerprint density at radius 3 is 2.37 bits per heavy atom. The molecule has 1 unspecified atom stereocenters. The van der Waals surface area contributed by atoms with Crippen LogP contribution in [0.2, 0.25) is 15.1 Å². The highest BCUT2D eigenvalue weighted by Crippen LogP contribution is 2.26. The lowest BCUT2D eigenvalue weighted by Gasteiger charge is -2.14. The summed E-state index contributed by atoms with van der Waals surface area (Å²) in [4.78, 5) is 0. The van der Waals surface area contributed by atoms with Crippen LogP contribution in [0.3, 0.4) is 0 Å². The average Bonchev–Trinajstić information content (AvgIpc) is 2.36. The minimum Gasteiger partial charge on any atom is -0.324 e. The van der Waals surface area contributed by atoms with Gasteiger partial charge in [0.25, 0.3) is 0 Å². The molecule has 0 saturated heterocycles. The van der Waals surface area contributed by atoms with Crippen molar-refractivity contribution in [2.45, 2.75) is 12.5 Å². The van der Waals surface area contributed by atoms with Crippen LogP contribution in [0.15, 0.2) is 36.4 Å². The van der Waals surface area contributed by atoms with E-state index in [0.717, 1.165) is 5.56 Å². The lowest BCUT2D eigenvalue weighted by Crippen LogP contribution is -2.13. The molecule has 100 valence electrons. The van der Waals surface area contributed by atoms with Crippen molar-refractivity contribution >= 4 is 34.8 Å². The number of hydrogen-bond acceptors (Lipinski definition) is 1. The maximum absolute atomic E-state index is 13.4. The van der Waals surface area contributed by atoms with Gasteiger partial charge in [0.1, 0.15) is 5.82 Å². The Balaban J connectivity index is 2.20. The lowest BCUT2D eigenvalue weighted by atomic mass is 9.99. The van der Waals surface area contributed by atoms with Gasteiger partial charge >= 0.3 is 0 Å². The van der Waals surface area contributed by atoms with Gasteiger partial charge < -0.3 is 5.73 Å². The molecule has 0 aliphatic heterocycles. The van der Waals surface area contributed by atoms with Crippen molar-refractivity contribution in [1.82, 2.24) is 0 Å². The summed E-state index contributed by atoms with van der Waals surface area (Å²) < 4.78 is 13.4. The molecule has 0 fully saturated rings. The summed E-state index contributed by atoms with van der Waals surface area (Å²) in [6.07, 6.45) is 0.497. The zero-order valence-corrected chi connectivity index (χ0v) is 12.1. The summed E-state index contributed by atoms with van der Waals surface area (Å²) in [6, 6.07) is 9.42. The van der Waals surface area contributed by atoms with Crippen molar-refractivity contribution in [1.29, 1.82) is 0 Å². The van der Waals surface area contributed by atoms with Gasteiger partial charge in [0.2, 0.25) is 0 Å². The smallest absolute Gasteiger partial charge is 0.142 e. The van der Waals surface area contributed by atoms with Gasteiger partial charge in [-0.15, -0.1) is 0 Å². The third-order valence-corrected chi connectivity index (χ3v) is 3.72. The highest BCUT2D eigenvalue weighted by molar-refractivity contribution is 6.35. The molecule has 0 amide bonds. The van der Waals surface area contributed by atoms with E-state index < -0.39 is 5.82 Å². The first-order valence-electron chi connectivity index (χ1n) is 5.62. The summed E-state index contributed by atoms with van der Waals surface area (Å²) in [5.41, 5.74) is 7.59. The standard InChI is InChI=1S/C14H11Cl3FN/c15-10-3-1-8(12(17)7-10)6-14(19)9-2-4-11(16)13(18)5-9/h1-5,7,14H,6,19H2. The van der Waals surface area contributed by atoms with Gasteiger partial charge in [-0.1, -0.05) is 46.9 Å². The molecule has 0 bridgehead atoms. The van der Waals surface area contributed by atoms with Crippen LogP contribution in [0.5, 0.6) is 0 Å². The normalized spacial score (nSPS) is 12.5. The van der Waals surface area contributed by atoms with Gasteiger partial charge in [0.15, 0.2) is 0 Å². The summed E-state index contributed by atoms with van der Waals surface area (Å²) in [5.74, 6) is -0.475. The summed E-state index contributed by atoms with van der Waals surface area (Å²) in [6.45, 7) is 0. The Kier molecular flexibility index (Phi) is 4.69. The molecule has 1 atom stereocenters. The van der Waals surface area contributed by atoms with Crippen LogP contribution in [-0.4, -0.2) is 0 Å². The molecular formula is C14H11Cl3FN. The predicted molar refractivity (Wildman–Crippen MR) is 78.5 cm³/mol. The van der Waals surface area contributed by atoms with Gasteiger partial charge in [-0.25, -0.2) is 4.39 Å². The molecule has 0 aromatic heterocycles. The molecule has 0 heterocycles. The fourth-order valence-electron chi connectivity index (χ4n) is 1.79. The zero-order chi connectivity index (χ0) is 14.0. The Hall–Kier alpha value is -0.800. The number of rotatable bonds is 3. The fourth-order valence-corrected chi connectivity index (χ4v) is 2.39. The van der Waals surface area contributed by atoms with Gasteiger partial charge in [-0.2, -0.15) is 0 Å². The molecule has 2 aromatic rings. The zero-order valence-electron chi connectivity index (χ0n) is 9.84. The maximum atomic E-state index is 13.4. The van der Waals surface area contributed by atoms with Crippen molar-refractivity contribution in [2.75, 3.05) is 0 Å². The molecule has 0 radical (unpaired) electrons. The second-order valence-electron chi connectivity index (χ2n) is 4.22. The number of nitrogens with two attached hydrogens (primary N) is 1. The monoisotopic (exact) mass is 317 g/mol. The molecule has 19 heavy (non-hydrogen) atoms. The van der Waals surface area contributed by atoms with Crippen molar-refractivity contribution in [3.63, 3.8) is 0 Å². The summed E-state index contributed by atoms with van der Waals surface area (Å²) >= 11 is 17.5. The Morgan fingerprint density at radius 1 is 1.00 bits per heavy atom. The van der Waals surface area contributed by atoms with Crippen LogP contribution >= 0.6 is 34.8 Å². The van der Waals surface area contributed by atoms with Crippen LogP contribution in [0.25, 0.3) is 0 Å². The van der Waals surface area contributed by atoms with E-state index in [4.69, 9.17) is 40.5 Å². The van der Waals surface area contributed by atoms with E-state index in [1.54, 1.807) is 18.2 Å². The van der Waals surface area contributed by atoms with E-state index in [2.05, 4.69) is 0 Å². The number of hydrogen-bond donors (Lipinski definition) is 1. The highest BCUT2D eigenvalue weighted by atomic mass is 35.5. The molecule has 2 rings (SSSR count). The largest absolute Gasteiger partial charge is 0.324 e. The fraction of sp³-hybridized carbons (Fsp3) is 0.143. The van der Waals surface area contributed by atoms with Crippen molar-refractivity contribution < 1.29 is 4.39 Å². The van der Waals surface area contributed by atoms with Crippen LogP contribution in [0.1, 0.15) is 17.2 Å². The van der Waals surface area contributed by atoms with E-state index in [-0.39, 0.29) is 11.1 Å². The van der Waals surface area contributed by atoms with Crippen molar-refractivity contribution in [2.24, 2.45) is 5.73 Å². The first-order valence-corrected chi connectivity index (χ1v) is 6.75. The number of halogens is 4. The topological polar surface area (TPSA) is 26.0 Å². The minimum atomic E-state index is -0.475. The Bertz CT molecular complexity index is 601. The Morgan fingerprint density at radius 2 is 1.74 bits per heavy atom. The van der Waals surface area contributed by atoms with Crippen LogP contribution in [0, 0.1) is 5.82 Å². The average molecular weight is 319 g/mol. The quantitative estimate of drug-likeness (QED) is 0.844. The predicted octanol–water partition coefficient (Wildman–Crippen LogP) is 5.03. The van der Waals surface area contributed by atoms with Crippen molar-refractivity contribution in [3.8, 4) is 0 Å². The lowest BCUT2D eigenvalue weighted by molar-refractivity contribution is 0.619. The van der Waals surface area contributed by atoms with Gasteiger partial charge in [-0.3, -0.25) is 0 Å². The second-order valence-corrected chi connectivity index (χ2v) is 5.47. The van der Waals surface area contributed by atoms with E-state index in [9.17, 15) is 4.39 Å². The third-order valence-electron chi connectivity index (χ3n) is 2.83. The molecule has 0 aliphatic rings. The molecular weight excluding hydrogens is 308 g/mol. The van der Waals surface area contributed by atoms with E-state index >= 15 is 0 Å². The van der Waals surface area contributed by atoms with Crippen LogP contribution < -0.4 is 5.73 Å². The summed E-state index contributed by atoms with van der Waals surface area (Å²) in [5, 5.41) is 1.21. The molecule has 0 aliphatic carbocycles. The second kappa shape index (κ2) is 6.10. The highest BCUT2D eigenvalue weighted by Gasteiger charge is 2.12. The van der Waals surface area contributed by atoms with Crippen molar-refractivity contribution in [3.05, 3.63) is 68.4 Å². The third kappa shape index (κ3) is 3.61.